The monoisotopic (exact) mass is 231 g/mol. The second-order valence-corrected chi connectivity index (χ2v) is 6.64. The van der Waals surface area contributed by atoms with Crippen LogP contribution in [0.2, 0.25) is 0 Å². The molecule has 0 saturated carbocycles. The van der Waals surface area contributed by atoms with Crippen molar-refractivity contribution in [2.75, 3.05) is 13.6 Å². The van der Waals surface area contributed by atoms with Crippen LogP contribution in [0.1, 0.15) is 10.4 Å². The van der Waals surface area contributed by atoms with E-state index in [1.54, 1.807) is 0 Å². The number of nitrogens with one attached hydrogen (secondary N) is 1. The zero-order valence-corrected chi connectivity index (χ0v) is 9.58. The molecular weight excluding hydrogens is 218 g/mol. The topological polar surface area (TPSA) is 70.2 Å². The van der Waals surface area contributed by atoms with Crippen molar-refractivity contribution >= 4 is 21.3 Å². The summed E-state index contributed by atoms with van der Waals surface area (Å²) >= 11 is 1.42. The third kappa shape index (κ3) is 1.83. The standard InChI is InChI=1S/C8H13N3OS2/c1-11-3-2-6-4-8(14(9,10)12)13-7(6)5-11/h4H,2-3,5H2,1H3,(H3,9,10,12). The average molecular weight is 231 g/mol. The first-order chi connectivity index (χ1) is 6.47. The van der Waals surface area contributed by atoms with Gasteiger partial charge in [-0.25, -0.2) is 14.1 Å². The highest BCUT2D eigenvalue weighted by molar-refractivity contribution is 7.92. The normalized spacial score (nSPS) is 21.6. The van der Waals surface area contributed by atoms with Crippen LogP contribution in [0.4, 0.5) is 0 Å². The van der Waals surface area contributed by atoms with E-state index in [0.717, 1.165) is 19.5 Å². The van der Waals surface area contributed by atoms with Crippen molar-refractivity contribution in [3.63, 3.8) is 0 Å². The largest absolute Gasteiger partial charge is 0.301 e. The van der Waals surface area contributed by atoms with Gasteiger partial charge in [-0.1, -0.05) is 0 Å². The minimum Gasteiger partial charge on any atom is -0.301 e. The summed E-state index contributed by atoms with van der Waals surface area (Å²) in [5, 5.41) is 5.29. The quantitative estimate of drug-likeness (QED) is 0.757. The maximum atomic E-state index is 11.3. The van der Waals surface area contributed by atoms with E-state index in [1.165, 1.54) is 21.8 Å². The molecule has 2 heterocycles. The number of fused-ring (bicyclic) bond motifs is 1. The van der Waals surface area contributed by atoms with Crippen LogP contribution in [0.15, 0.2) is 10.3 Å². The Bertz CT molecular complexity index is 449. The summed E-state index contributed by atoms with van der Waals surface area (Å²) in [4.78, 5) is 3.42. The number of nitrogens with two attached hydrogens (primary N) is 1. The highest BCUT2D eigenvalue weighted by atomic mass is 32.2. The summed E-state index contributed by atoms with van der Waals surface area (Å²) in [5.74, 6) is 0. The van der Waals surface area contributed by atoms with Crippen LogP contribution in [0, 0.1) is 4.78 Å². The molecule has 0 bridgehead atoms. The molecule has 2 rings (SSSR count). The summed E-state index contributed by atoms with van der Waals surface area (Å²) < 4.78 is 19.1. The van der Waals surface area contributed by atoms with Crippen molar-refractivity contribution in [1.82, 2.24) is 4.90 Å². The number of rotatable bonds is 1. The molecule has 78 valence electrons. The van der Waals surface area contributed by atoms with Crippen molar-refractivity contribution in [2.24, 2.45) is 5.14 Å². The van der Waals surface area contributed by atoms with E-state index in [4.69, 9.17) is 9.92 Å². The highest BCUT2D eigenvalue weighted by Gasteiger charge is 2.19. The van der Waals surface area contributed by atoms with Gasteiger partial charge in [-0.05, 0) is 25.1 Å². The molecule has 1 atom stereocenters. The Morgan fingerprint density at radius 2 is 2.43 bits per heavy atom. The van der Waals surface area contributed by atoms with Crippen molar-refractivity contribution in [3.8, 4) is 0 Å². The number of thiophene rings is 1. The maximum Gasteiger partial charge on any atom is 0.141 e. The zero-order chi connectivity index (χ0) is 10.3. The summed E-state index contributed by atoms with van der Waals surface area (Å²) in [6, 6.07) is 1.84. The van der Waals surface area contributed by atoms with Crippen LogP contribution in [0.3, 0.4) is 0 Å². The van der Waals surface area contributed by atoms with Crippen molar-refractivity contribution in [1.29, 1.82) is 4.78 Å². The van der Waals surface area contributed by atoms with E-state index >= 15 is 0 Å². The molecule has 1 unspecified atom stereocenters. The molecule has 0 amide bonds. The average Bonchev–Trinajstić information content (AvgIpc) is 2.45. The summed E-state index contributed by atoms with van der Waals surface area (Å²) in [5.41, 5.74) is 1.22. The maximum absolute atomic E-state index is 11.3. The van der Waals surface area contributed by atoms with Crippen molar-refractivity contribution in [2.45, 2.75) is 17.2 Å². The van der Waals surface area contributed by atoms with Crippen LogP contribution >= 0.6 is 11.3 Å². The molecule has 1 aliphatic rings. The van der Waals surface area contributed by atoms with Gasteiger partial charge in [0, 0.05) is 18.0 Å². The lowest BCUT2D eigenvalue weighted by Gasteiger charge is -2.21. The Morgan fingerprint density at radius 1 is 1.71 bits per heavy atom. The fourth-order valence-electron chi connectivity index (χ4n) is 1.57. The van der Waals surface area contributed by atoms with E-state index < -0.39 is 9.92 Å². The SMILES string of the molecule is CN1CCc2cc(S(=N)(N)=O)sc2C1. The van der Waals surface area contributed by atoms with E-state index in [-0.39, 0.29) is 0 Å². The molecule has 1 aliphatic heterocycles. The summed E-state index contributed by atoms with van der Waals surface area (Å²) in [7, 11) is -0.956. The molecule has 1 aromatic rings. The predicted molar refractivity (Wildman–Crippen MR) is 57.7 cm³/mol. The Balaban J connectivity index is 2.42. The van der Waals surface area contributed by atoms with Crippen molar-refractivity contribution in [3.05, 3.63) is 16.5 Å². The van der Waals surface area contributed by atoms with Gasteiger partial charge in [-0.2, -0.15) is 0 Å². The molecular formula is C8H13N3OS2. The number of nitrogens with zero attached hydrogens (tertiary/aromatic N) is 1. The number of hydrogen-bond donors (Lipinski definition) is 2. The second kappa shape index (κ2) is 3.30. The zero-order valence-electron chi connectivity index (χ0n) is 7.95. The molecule has 0 spiro atoms. The number of hydrogen-bond acceptors (Lipinski definition) is 4. The molecule has 3 N–H and O–H groups in total. The molecule has 4 nitrogen and oxygen atoms in total. The highest BCUT2D eigenvalue weighted by Crippen LogP contribution is 2.29. The molecule has 0 aromatic carbocycles. The Morgan fingerprint density at radius 3 is 3.07 bits per heavy atom. The lowest BCUT2D eigenvalue weighted by atomic mass is 10.1. The second-order valence-electron chi connectivity index (χ2n) is 3.60. The van der Waals surface area contributed by atoms with Gasteiger partial charge in [-0.3, -0.25) is 0 Å². The van der Waals surface area contributed by atoms with Gasteiger partial charge in [-0.15, -0.1) is 11.3 Å². The molecule has 1 aromatic heterocycles. The van der Waals surface area contributed by atoms with Gasteiger partial charge in [0.25, 0.3) is 0 Å². The van der Waals surface area contributed by atoms with Crippen molar-refractivity contribution < 1.29 is 4.21 Å². The summed E-state index contributed by atoms with van der Waals surface area (Å²) in [6.07, 6.45) is 0.970. The fraction of sp³-hybridized carbons (Fsp3) is 0.500. The lowest BCUT2D eigenvalue weighted by molar-refractivity contribution is 0.317. The first-order valence-corrected chi connectivity index (χ1v) is 6.77. The molecule has 6 heteroatoms. The fourth-order valence-corrected chi connectivity index (χ4v) is 3.70. The Hall–Kier alpha value is -0.430. The van der Waals surface area contributed by atoms with E-state index in [9.17, 15) is 4.21 Å². The Labute approximate surface area is 87.8 Å². The lowest BCUT2D eigenvalue weighted by Crippen LogP contribution is -2.24. The Kier molecular flexibility index (Phi) is 2.38. The van der Waals surface area contributed by atoms with Gasteiger partial charge in [0.15, 0.2) is 0 Å². The third-order valence-corrected chi connectivity index (χ3v) is 5.01. The molecule has 0 saturated heterocycles. The molecule has 0 aliphatic carbocycles. The van der Waals surface area contributed by atoms with Gasteiger partial charge in [0.05, 0.1) is 0 Å². The van der Waals surface area contributed by atoms with Gasteiger partial charge < -0.3 is 4.90 Å². The smallest absolute Gasteiger partial charge is 0.141 e. The van der Waals surface area contributed by atoms with Crippen LogP contribution in [-0.2, 0) is 22.9 Å². The minimum atomic E-state index is -3.01. The van der Waals surface area contributed by atoms with E-state index in [2.05, 4.69) is 11.9 Å². The van der Waals surface area contributed by atoms with Crippen LogP contribution in [0.5, 0.6) is 0 Å². The van der Waals surface area contributed by atoms with Crippen LogP contribution in [-0.4, -0.2) is 22.7 Å². The molecule has 0 fully saturated rings. The van der Waals surface area contributed by atoms with E-state index in [0.29, 0.717) is 4.21 Å². The van der Waals surface area contributed by atoms with Gasteiger partial charge in [0.1, 0.15) is 14.1 Å². The van der Waals surface area contributed by atoms with Crippen LogP contribution < -0.4 is 5.14 Å². The van der Waals surface area contributed by atoms with E-state index in [1.807, 2.05) is 6.07 Å². The predicted octanol–water partition coefficient (Wildman–Crippen LogP) is 1.02. The molecule has 0 radical (unpaired) electrons. The first-order valence-electron chi connectivity index (χ1n) is 4.33. The molecule has 14 heavy (non-hydrogen) atoms. The number of likely N-dealkylation sites (N-methyl/N-ethyl adjacent to an activating group) is 1. The minimum absolute atomic E-state index is 0.512. The summed E-state index contributed by atoms with van der Waals surface area (Å²) in [6.45, 7) is 1.91. The first kappa shape index (κ1) is 10.1. The third-order valence-electron chi connectivity index (χ3n) is 2.35. The van der Waals surface area contributed by atoms with Crippen LogP contribution in [0.25, 0.3) is 0 Å². The van der Waals surface area contributed by atoms with Gasteiger partial charge >= 0.3 is 0 Å². The van der Waals surface area contributed by atoms with Gasteiger partial charge in [0.2, 0.25) is 0 Å².